The smallest absolute Gasteiger partial charge is 0.224 e. The van der Waals surface area contributed by atoms with Crippen LogP contribution in [0.5, 0.6) is 5.75 Å². The van der Waals surface area contributed by atoms with Crippen molar-refractivity contribution in [2.24, 2.45) is 0 Å². The van der Waals surface area contributed by atoms with Crippen molar-refractivity contribution in [3.8, 4) is 5.75 Å². The molecule has 6 nitrogen and oxygen atoms in total. The molecule has 0 radical (unpaired) electrons. The number of fused-ring (bicyclic) bond motifs is 1. The third kappa shape index (κ3) is 6.46. The van der Waals surface area contributed by atoms with Crippen LogP contribution in [0.2, 0.25) is 0 Å². The first-order valence-corrected chi connectivity index (χ1v) is 11.0. The Bertz CT molecular complexity index is 685. The second kappa shape index (κ2) is 11.2. The van der Waals surface area contributed by atoms with Crippen LogP contribution < -0.4 is 10.1 Å². The molecule has 6 heteroatoms. The zero-order valence-corrected chi connectivity index (χ0v) is 17.6. The molecule has 0 saturated heterocycles. The van der Waals surface area contributed by atoms with Crippen molar-refractivity contribution in [3.63, 3.8) is 0 Å². The first-order chi connectivity index (χ1) is 14.2. The Morgan fingerprint density at radius 1 is 1.14 bits per heavy atom. The molecular formula is C23H34N2O4. The van der Waals surface area contributed by atoms with E-state index in [0.29, 0.717) is 38.6 Å². The molecule has 3 rings (SSSR count). The van der Waals surface area contributed by atoms with E-state index in [1.165, 1.54) is 19.3 Å². The molecule has 0 spiro atoms. The van der Waals surface area contributed by atoms with Crippen LogP contribution in [0.3, 0.4) is 0 Å². The minimum Gasteiger partial charge on any atom is -0.494 e. The van der Waals surface area contributed by atoms with Crippen LogP contribution in [-0.2, 0) is 20.7 Å². The molecule has 2 amide bonds. The van der Waals surface area contributed by atoms with Crippen LogP contribution in [0, 0.1) is 0 Å². The summed E-state index contributed by atoms with van der Waals surface area (Å²) in [6.07, 6.45) is 9.51. The summed E-state index contributed by atoms with van der Waals surface area (Å²) in [7, 11) is 1.69. The Kier molecular flexibility index (Phi) is 8.35. The molecular weight excluding hydrogens is 368 g/mol. The molecule has 0 unspecified atom stereocenters. The number of aryl methyl sites for hydroxylation is 1. The molecule has 2 aliphatic rings. The van der Waals surface area contributed by atoms with Gasteiger partial charge in [0.05, 0.1) is 13.2 Å². The van der Waals surface area contributed by atoms with E-state index in [0.717, 1.165) is 49.1 Å². The lowest BCUT2D eigenvalue weighted by Gasteiger charge is -2.34. The lowest BCUT2D eigenvalue weighted by molar-refractivity contribution is -0.135. The molecule has 1 heterocycles. The van der Waals surface area contributed by atoms with E-state index < -0.39 is 0 Å². The lowest BCUT2D eigenvalue weighted by atomic mass is 9.94. The zero-order valence-electron chi connectivity index (χ0n) is 17.6. The van der Waals surface area contributed by atoms with Gasteiger partial charge in [0.1, 0.15) is 5.75 Å². The van der Waals surface area contributed by atoms with E-state index in [9.17, 15) is 9.59 Å². The van der Waals surface area contributed by atoms with Crippen molar-refractivity contribution >= 4 is 17.5 Å². The average Bonchev–Trinajstić information content (AvgIpc) is 2.74. The van der Waals surface area contributed by atoms with Gasteiger partial charge in [0, 0.05) is 38.2 Å². The second-order valence-corrected chi connectivity index (χ2v) is 8.04. The first-order valence-electron chi connectivity index (χ1n) is 11.0. The second-order valence-electron chi connectivity index (χ2n) is 8.04. The van der Waals surface area contributed by atoms with Gasteiger partial charge in [0.2, 0.25) is 11.8 Å². The van der Waals surface area contributed by atoms with Crippen LogP contribution >= 0.6 is 0 Å². The number of unbranched alkanes of at least 4 members (excludes halogenated alkanes) is 1. The number of nitrogens with one attached hydrogen (secondary N) is 1. The highest BCUT2D eigenvalue weighted by Crippen LogP contribution is 2.27. The van der Waals surface area contributed by atoms with Gasteiger partial charge in [-0.25, -0.2) is 0 Å². The first kappa shape index (κ1) is 21.6. The third-order valence-corrected chi connectivity index (χ3v) is 5.90. The number of ether oxygens (including phenoxy) is 2. The zero-order chi connectivity index (χ0) is 20.5. The van der Waals surface area contributed by atoms with Gasteiger partial charge in [-0.05, 0) is 55.9 Å². The number of carbonyl (C=O) groups is 2. The topological polar surface area (TPSA) is 67.9 Å². The molecule has 1 saturated carbocycles. The van der Waals surface area contributed by atoms with E-state index >= 15 is 0 Å². The Labute approximate surface area is 173 Å². The van der Waals surface area contributed by atoms with Gasteiger partial charge in [0.15, 0.2) is 0 Å². The number of hydrogen-bond donors (Lipinski definition) is 1. The number of nitrogens with zero attached hydrogens (tertiary/aromatic N) is 1. The Balaban J connectivity index is 1.39. The largest absolute Gasteiger partial charge is 0.494 e. The van der Waals surface area contributed by atoms with Gasteiger partial charge in [-0.3, -0.25) is 9.59 Å². The summed E-state index contributed by atoms with van der Waals surface area (Å²) in [5.41, 5.74) is 2.01. The van der Waals surface area contributed by atoms with Crippen LogP contribution in [0.4, 0.5) is 5.69 Å². The number of methoxy groups -OCH3 is 1. The van der Waals surface area contributed by atoms with Crippen LogP contribution in [0.15, 0.2) is 18.2 Å². The Hall–Kier alpha value is -2.08. The Morgan fingerprint density at radius 2 is 1.97 bits per heavy atom. The highest BCUT2D eigenvalue weighted by Gasteiger charge is 2.24. The molecule has 1 aliphatic carbocycles. The summed E-state index contributed by atoms with van der Waals surface area (Å²) in [5.74, 6) is 1.15. The summed E-state index contributed by atoms with van der Waals surface area (Å²) in [5, 5.41) is 2.88. The number of anilines is 1. The summed E-state index contributed by atoms with van der Waals surface area (Å²) >= 11 is 0. The van der Waals surface area contributed by atoms with Gasteiger partial charge in [-0.15, -0.1) is 0 Å². The molecule has 1 fully saturated rings. The quantitative estimate of drug-likeness (QED) is 0.602. The highest BCUT2D eigenvalue weighted by molar-refractivity contribution is 5.94. The molecule has 0 bridgehead atoms. The molecule has 160 valence electrons. The van der Waals surface area contributed by atoms with Gasteiger partial charge in [-0.2, -0.15) is 0 Å². The fourth-order valence-electron chi connectivity index (χ4n) is 4.25. The Morgan fingerprint density at radius 3 is 2.76 bits per heavy atom. The SMILES string of the molecule is COCCN(C(=O)CCCCOc1ccc2c(c1)CCC(=O)N2)C1CCCCC1. The van der Waals surface area contributed by atoms with Crippen LogP contribution in [0.25, 0.3) is 0 Å². The lowest BCUT2D eigenvalue weighted by Crippen LogP contribution is -2.43. The summed E-state index contributed by atoms with van der Waals surface area (Å²) in [6, 6.07) is 6.20. The van der Waals surface area contributed by atoms with E-state index in [1.54, 1.807) is 7.11 Å². The predicted molar refractivity (Wildman–Crippen MR) is 113 cm³/mol. The predicted octanol–water partition coefficient (Wildman–Crippen LogP) is 3.93. The van der Waals surface area contributed by atoms with Gasteiger partial charge in [0.25, 0.3) is 0 Å². The van der Waals surface area contributed by atoms with E-state index in [2.05, 4.69) is 10.2 Å². The van der Waals surface area contributed by atoms with E-state index in [1.807, 2.05) is 18.2 Å². The summed E-state index contributed by atoms with van der Waals surface area (Å²) in [6.45, 7) is 1.90. The maximum atomic E-state index is 12.8. The summed E-state index contributed by atoms with van der Waals surface area (Å²) in [4.78, 5) is 26.3. The number of carbonyl (C=O) groups excluding carboxylic acids is 2. The highest BCUT2D eigenvalue weighted by atomic mass is 16.5. The van der Waals surface area contributed by atoms with Gasteiger partial charge < -0.3 is 19.7 Å². The van der Waals surface area contributed by atoms with Crippen molar-refractivity contribution in [3.05, 3.63) is 23.8 Å². The molecule has 0 atom stereocenters. The minimum atomic E-state index is 0.0728. The monoisotopic (exact) mass is 402 g/mol. The van der Waals surface area contributed by atoms with Gasteiger partial charge >= 0.3 is 0 Å². The normalized spacial score (nSPS) is 16.8. The third-order valence-electron chi connectivity index (χ3n) is 5.90. The molecule has 29 heavy (non-hydrogen) atoms. The molecule has 1 aromatic carbocycles. The molecule has 0 aromatic heterocycles. The van der Waals surface area contributed by atoms with Crippen molar-refractivity contribution in [1.29, 1.82) is 0 Å². The molecule has 1 N–H and O–H groups in total. The van der Waals surface area contributed by atoms with Crippen molar-refractivity contribution < 1.29 is 19.1 Å². The maximum Gasteiger partial charge on any atom is 0.224 e. The van der Waals surface area contributed by atoms with Crippen LogP contribution in [-0.4, -0.2) is 49.6 Å². The number of rotatable bonds is 10. The number of benzene rings is 1. The van der Waals surface area contributed by atoms with Gasteiger partial charge in [-0.1, -0.05) is 19.3 Å². The van der Waals surface area contributed by atoms with Crippen molar-refractivity contribution in [2.75, 3.05) is 32.2 Å². The number of amides is 2. The maximum absolute atomic E-state index is 12.8. The van der Waals surface area contributed by atoms with Crippen LogP contribution in [0.1, 0.15) is 63.4 Å². The molecule has 1 aliphatic heterocycles. The molecule has 1 aromatic rings. The van der Waals surface area contributed by atoms with E-state index in [4.69, 9.17) is 9.47 Å². The van der Waals surface area contributed by atoms with Crippen molar-refractivity contribution in [2.45, 2.75) is 70.3 Å². The fraction of sp³-hybridized carbons (Fsp3) is 0.652. The standard InChI is InChI=1S/C23H34N2O4/c1-28-16-14-25(19-7-3-2-4-8-19)23(27)9-5-6-15-29-20-11-12-21-18(17-20)10-13-22(26)24-21/h11-12,17,19H,2-10,13-16H2,1H3,(H,24,26). The average molecular weight is 403 g/mol. The van der Waals surface area contributed by atoms with E-state index in [-0.39, 0.29) is 11.8 Å². The van der Waals surface area contributed by atoms with Crippen molar-refractivity contribution in [1.82, 2.24) is 4.90 Å². The number of hydrogen-bond acceptors (Lipinski definition) is 4. The fourth-order valence-corrected chi connectivity index (χ4v) is 4.25. The minimum absolute atomic E-state index is 0.0728. The summed E-state index contributed by atoms with van der Waals surface area (Å²) < 4.78 is 11.1.